The number of nitrogens with zero attached hydrogens (tertiary/aromatic N) is 1. The fourth-order valence-electron chi connectivity index (χ4n) is 1.86. The van der Waals surface area contributed by atoms with Gasteiger partial charge in [-0.2, -0.15) is 5.26 Å². The highest BCUT2D eigenvalue weighted by molar-refractivity contribution is 5.18. The van der Waals surface area contributed by atoms with E-state index in [2.05, 4.69) is 6.92 Å². The molecule has 0 heterocycles. The summed E-state index contributed by atoms with van der Waals surface area (Å²) in [5, 5.41) is 8.48. The minimum Gasteiger partial charge on any atom is -0.401 e. The average molecular weight is 164 g/mol. The van der Waals surface area contributed by atoms with Crippen molar-refractivity contribution >= 4 is 0 Å². The van der Waals surface area contributed by atoms with Crippen molar-refractivity contribution in [2.24, 2.45) is 11.1 Å². The summed E-state index contributed by atoms with van der Waals surface area (Å²) in [5.74, 6) is 0. The number of hydrogen-bond acceptors (Lipinski definition) is 2. The molecule has 0 aliphatic heterocycles. The van der Waals surface area contributed by atoms with E-state index >= 15 is 0 Å². The van der Waals surface area contributed by atoms with Gasteiger partial charge in [0.1, 0.15) is 0 Å². The summed E-state index contributed by atoms with van der Waals surface area (Å²) in [6, 6.07) is 2.00. The molecule has 2 heteroatoms. The predicted molar refractivity (Wildman–Crippen MR) is 49.1 cm³/mol. The molecule has 0 bridgehead atoms. The Labute approximate surface area is 74.1 Å². The molecule has 0 unspecified atom stereocenters. The lowest BCUT2D eigenvalue weighted by atomic mass is 9.73. The molecule has 66 valence electrons. The largest absolute Gasteiger partial charge is 0.401 e. The minimum absolute atomic E-state index is 0.105. The number of nitrogens with two attached hydrogens (primary N) is 1. The fraction of sp³-hybridized carbons (Fsp3) is 0.700. The molecule has 1 saturated carbocycles. The third-order valence-electron chi connectivity index (χ3n) is 2.87. The Morgan fingerprint density at radius 2 is 2.00 bits per heavy atom. The fourth-order valence-corrected chi connectivity index (χ4v) is 1.86. The van der Waals surface area contributed by atoms with Gasteiger partial charge in [-0.25, -0.2) is 0 Å². The lowest BCUT2D eigenvalue weighted by molar-refractivity contribution is 0.265. The molecule has 0 spiro atoms. The Bertz CT molecular complexity index is 216. The van der Waals surface area contributed by atoms with Crippen LogP contribution in [0.4, 0.5) is 0 Å². The summed E-state index contributed by atoms with van der Waals surface area (Å²) in [7, 11) is 0. The van der Waals surface area contributed by atoms with Gasteiger partial charge in [0.05, 0.1) is 6.07 Å². The van der Waals surface area contributed by atoms with Gasteiger partial charge in [-0.05, 0) is 12.8 Å². The van der Waals surface area contributed by atoms with Crippen LogP contribution in [0.2, 0.25) is 0 Å². The molecule has 1 aliphatic rings. The zero-order valence-electron chi connectivity index (χ0n) is 7.64. The lowest BCUT2D eigenvalue weighted by Crippen LogP contribution is -2.27. The van der Waals surface area contributed by atoms with Crippen molar-refractivity contribution in [3.8, 4) is 6.07 Å². The highest BCUT2D eigenvalue weighted by Crippen LogP contribution is 2.39. The van der Waals surface area contributed by atoms with Gasteiger partial charge in [0, 0.05) is 17.2 Å². The summed E-state index contributed by atoms with van der Waals surface area (Å²) in [6.07, 6.45) is 7.57. The maximum Gasteiger partial charge on any atom is 0.0930 e. The van der Waals surface area contributed by atoms with E-state index in [1.54, 1.807) is 0 Å². The van der Waals surface area contributed by atoms with Crippen molar-refractivity contribution in [2.75, 3.05) is 0 Å². The minimum atomic E-state index is 0.105. The van der Waals surface area contributed by atoms with Crippen LogP contribution in [0.3, 0.4) is 0 Å². The van der Waals surface area contributed by atoms with Crippen LogP contribution in [0.25, 0.3) is 0 Å². The van der Waals surface area contributed by atoms with Crippen molar-refractivity contribution < 1.29 is 0 Å². The first-order valence-corrected chi connectivity index (χ1v) is 4.55. The molecule has 2 N–H and O–H groups in total. The van der Waals surface area contributed by atoms with Gasteiger partial charge in [0.2, 0.25) is 0 Å². The maximum atomic E-state index is 8.48. The van der Waals surface area contributed by atoms with Crippen LogP contribution in [-0.4, -0.2) is 0 Å². The molecule has 0 aromatic rings. The first kappa shape index (κ1) is 9.12. The number of allylic oxidation sites excluding steroid dienone is 2. The molecule has 0 saturated heterocycles. The number of rotatable bonds is 1. The molecule has 0 amide bonds. The molecule has 1 aliphatic carbocycles. The van der Waals surface area contributed by atoms with E-state index in [9.17, 15) is 0 Å². The van der Waals surface area contributed by atoms with Crippen molar-refractivity contribution in [2.45, 2.75) is 39.0 Å². The predicted octanol–water partition coefficient (Wildman–Crippen LogP) is 2.32. The number of hydrogen-bond donors (Lipinski definition) is 1. The van der Waals surface area contributed by atoms with E-state index in [-0.39, 0.29) is 5.41 Å². The van der Waals surface area contributed by atoms with E-state index in [0.717, 1.165) is 18.5 Å². The van der Waals surface area contributed by atoms with Gasteiger partial charge in [0.25, 0.3) is 0 Å². The summed E-state index contributed by atoms with van der Waals surface area (Å²) in [5.41, 5.74) is 6.71. The van der Waals surface area contributed by atoms with Crippen molar-refractivity contribution in [3.63, 3.8) is 0 Å². The molecule has 0 aromatic heterocycles. The van der Waals surface area contributed by atoms with Gasteiger partial charge >= 0.3 is 0 Å². The molecule has 1 rings (SSSR count). The van der Waals surface area contributed by atoms with Crippen LogP contribution in [0.15, 0.2) is 11.8 Å². The topological polar surface area (TPSA) is 49.8 Å². The van der Waals surface area contributed by atoms with Gasteiger partial charge in [0.15, 0.2) is 0 Å². The second-order valence-electron chi connectivity index (χ2n) is 3.85. The third-order valence-corrected chi connectivity index (χ3v) is 2.87. The summed E-state index contributed by atoms with van der Waals surface area (Å²) in [6.45, 7) is 2.16. The van der Waals surface area contributed by atoms with Crippen molar-refractivity contribution in [1.29, 1.82) is 5.26 Å². The lowest BCUT2D eigenvalue weighted by Gasteiger charge is -2.33. The van der Waals surface area contributed by atoms with Gasteiger partial charge in [-0.3, -0.25) is 0 Å². The normalized spacial score (nSPS) is 23.2. The standard InChI is InChI=1S/C10H16N2/c1-10(9(12)5-8-11)6-3-2-4-7-10/h5H,2-4,6-7,12H2,1H3. The van der Waals surface area contributed by atoms with Crippen molar-refractivity contribution in [3.05, 3.63) is 11.8 Å². The monoisotopic (exact) mass is 164 g/mol. The number of nitriles is 1. The molecule has 0 radical (unpaired) electrons. The van der Waals surface area contributed by atoms with Crippen LogP contribution >= 0.6 is 0 Å². The van der Waals surface area contributed by atoms with E-state index < -0.39 is 0 Å². The molecule has 2 nitrogen and oxygen atoms in total. The van der Waals surface area contributed by atoms with Crippen LogP contribution in [-0.2, 0) is 0 Å². The molecule has 12 heavy (non-hydrogen) atoms. The zero-order chi connectivity index (χ0) is 9.03. The Balaban J connectivity index is 2.70. The maximum absolute atomic E-state index is 8.48. The van der Waals surface area contributed by atoms with Crippen LogP contribution < -0.4 is 5.73 Å². The Morgan fingerprint density at radius 1 is 1.42 bits per heavy atom. The molecular weight excluding hydrogens is 148 g/mol. The summed E-state index contributed by atoms with van der Waals surface area (Å²) < 4.78 is 0. The van der Waals surface area contributed by atoms with E-state index in [1.165, 1.54) is 25.3 Å². The highest BCUT2D eigenvalue weighted by atomic mass is 14.6. The Morgan fingerprint density at radius 3 is 2.50 bits per heavy atom. The smallest absolute Gasteiger partial charge is 0.0930 e. The van der Waals surface area contributed by atoms with Crippen LogP contribution in [0.5, 0.6) is 0 Å². The second kappa shape index (κ2) is 3.62. The SMILES string of the molecule is CC1(C(N)=CC#N)CCCCC1. The molecule has 0 aromatic carbocycles. The zero-order valence-corrected chi connectivity index (χ0v) is 7.64. The first-order valence-electron chi connectivity index (χ1n) is 4.55. The van der Waals surface area contributed by atoms with Gasteiger partial charge < -0.3 is 5.73 Å². The van der Waals surface area contributed by atoms with Gasteiger partial charge in [-0.15, -0.1) is 0 Å². The van der Waals surface area contributed by atoms with E-state index in [4.69, 9.17) is 11.0 Å². The Hall–Kier alpha value is -0.970. The van der Waals surface area contributed by atoms with E-state index in [1.807, 2.05) is 6.07 Å². The summed E-state index contributed by atoms with van der Waals surface area (Å²) in [4.78, 5) is 0. The Kier molecular flexibility index (Phi) is 2.75. The van der Waals surface area contributed by atoms with Crippen LogP contribution in [0, 0.1) is 16.7 Å². The molecule has 1 fully saturated rings. The second-order valence-corrected chi connectivity index (χ2v) is 3.85. The van der Waals surface area contributed by atoms with E-state index in [0.29, 0.717) is 0 Å². The molecule has 0 atom stereocenters. The van der Waals surface area contributed by atoms with Crippen LogP contribution in [0.1, 0.15) is 39.0 Å². The highest BCUT2D eigenvalue weighted by Gasteiger charge is 2.28. The summed E-state index contributed by atoms with van der Waals surface area (Å²) >= 11 is 0. The van der Waals surface area contributed by atoms with Gasteiger partial charge in [-0.1, -0.05) is 26.2 Å². The first-order chi connectivity index (χ1) is 5.69. The third kappa shape index (κ3) is 1.79. The van der Waals surface area contributed by atoms with Crippen molar-refractivity contribution in [1.82, 2.24) is 0 Å². The molecular formula is C10H16N2. The average Bonchev–Trinajstić information content (AvgIpc) is 2.06. The quantitative estimate of drug-likeness (QED) is 0.605.